The first kappa shape index (κ1) is 14.0. The third-order valence-electron chi connectivity index (χ3n) is 2.68. The van der Waals surface area contributed by atoms with Crippen LogP contribution in [0.15, 0.2) is 24.8 Å². The van der Waals surface area contributed by atoms with Gasteiger partial charge in [0.05, 0.1) is 18.6 Å². The zero-order valence-electron chi connectivity index (χ0n) is 11.6. The maximum atomic E-state index is 11.9. The lowest BCUT2D eigenvalue weighted by atomic mass is 10.2. The van der Waals surface area contributed by atoms with Gasteiger partial charge in [-0.2, -0.15) is 5.10 Å². The quantitative estimate of drug-likeness (QED) is 0.806. The number of nitrogens with zero attached hydrogens (tertiary/aromatic N) is 4. The first-order chi connectivity index (χ1) is 9.69. The van der Waals surface area contributed by atoms with Crippen molar-refractivity contribution in [3.63, 3.8) is 0 Å². The molecule has 0 radical (unpaired) electrons. The summed E-state index contributed by atoms with van der Waals surface area (Å²) in [6, 6.07) is 0. The maximum Gasteiger partial charge on any atom is 0.271 e. The average molecular weight is 274 g/mol. The Labute approximate surface area is 117 Å². The summed E-state index contributed by atoms with van der Waals surface area (Å²) >= 11 is 0. The van der Waals surface area contributed by atoms with E-state index in [1.807, 2.05) is 20.2 Å². The van der Waals surface area contributed by atoms with Gasteiger partial charge >= 0.3 is 0 Å². The highest BCUT2D eigenvalue weighted by atomic mass is 16.1. The van der Waals surface area contributed by atoms with Gasteiger partial charge in [-0.3, -0.25) is 14.5 Å². The standard InChI is InChI=1S/C13H18N6O/c1-3-15-12-8-14-7-11(18-12)13(20)16-5-4-10-6-17-19(2)9-10/h6-9H,3-5H2,1-2H3,(H,15,18)(H,16,20). The fourth-order valence-electron chi connectivity index (χ4n) is 1.75. The van der Waals surface area contributed by atoms with E-state index in [1.165, 1.54) is 6.20 Å². The second kappa shape index (κ2) is 6.65. The summed E-state index contributed by atoms with van der Waals surface area (Å²) < 4.78 is 1.74. The highest BCUT2D eigenvalue weighted by Crippen LogP contribution is 2.02. The minimum absolute atomic E-state index is 0.221. The van der Waals surface area contributed by atoms with Crippen LogP contribution >= 0.6 is 0 Å². The highest BCUT2D eigenvalue weighted by molar-refractivity contribution is 5.92. The molecule has 7 nitrogen and oxygen atoms in total. The summed E-state index contributed by atoms with van der Waals surface area (Å²) in [5.41, 5.74) is 1.40. The Balaban J connectivity index is 1.86. The molecule has 2 rings (SSSR count). The van der Waals surface area contributed by atoms with Crippen molar-refractivity contribution in [3.05, 3.63) is 36.0 Å². The van der Waals surface area contributed by atoms with Gasteiger partial charge in [-0.05, 0) is 18.9 Å². The summed E-state index contributed by atoms with van der Waals surface area (Å²) in [7, 11) is 1.86. The lowest BCUT2D eigenvalue weighted by molar-refractivity contribution is 0.0949. The van der Waals surface area contributed by atoms with Crippen molar-refractivity contribution in [1.82, 2.24) is 25.1 Å². The van der Waals surface area contributed by atoms with Crippen LogP contribution in [0, 0.1) is 0 Å². The largest absolute Gasteiger partial charge is 0.369 e. The summed E-state index contributed by atoms with van der Waals surface area (Å²) in [6.07, 6.45) is 7.51. The second-order valence-corrected chi connectivity index (χ2v) is 4.35. The number of nitrogens with one attached hydrogen (secondary N) is 2. The summed E-state index contributed by atoms with van der Waals surface area (Å²) in [5.74, 6) is 0.383. The Morgan fingerprint density at radius 3 is 2.90 bits per heavy atom. The molecule has 0 aliphatic rings. The first-order valence-electron chi connectivity index (χ1n) is 6.50. The number of hydrogen-bond acceptors (Lipinski definition) is 5. The zero-order chi connectivity index (χ0) is 14.4. The number of rotatable bonds is 6. The van der Waals surface area contributed by atoms with Crippen LogP contribution in [-0.2, 0) is 13.5 Å². The van der Waals surface area contributed by atoms with Crippen LogP contribution in [0.25, 0.3) is 0 Å². The van der Waals surface area contributed by atoms with E-state index < -0.39 is 0 Å². The summed E-state index contributed by atoms with van der Waals surface area (Å²) in [5, 5.41) is 9.92. The number of carbonyl (C=O) groups is 1. The molecule has 106 valence electrons. The lowest BCUT2D eigenvalue weighted by Gasteiger charge is -2.05. The topological polar surface area (TPSA) is 84.7 Å². The third-order valence-corrected chi connectivity index (χ3v) is 2.68. The third kappa shape index (κ3) is 3.78. The molecule has 0 aromatic carbocycles. The molecule has 2 aromatic heterocycles. The van der Waals surface area contributed by atoms with Gasteiger partial charge in [0, 0.05) is 26.3 Å². The van der Waals surface area contributed by atoms with Crippen LogP contribution in [-0.4, -0.2) is 38.7 Å². The Hall–Kier alpha value is -2.44. The van der Waals surface area contributed by atoms with Crippen LogP contribution < -0.4 is 10.6 Å². The lowest BCUT2D eigenvalue weighted by Crippen LogP contribution is -2.26. The fourth-order valence-corrected chi connectivity index (χ4v) is 1.75. The van der Waals surface area contributed by atoms with Crippen LogP contribution in [0.5, 0.6) is 0 Å². The minimum atomic E-state index is -0.221. The van der Waals surface area contributed by atoms with Crippen molar-refractivity contribution in [2.75, 3.05) is 18.4 Å². The van der Waals surface area contributed by atoms with Crippen LogP contribution in [0.3, 0.4) is 0 Å². The molecule has 0 bridgehead atoms. The molecule has 0 saturated carbocycles. The summed E-state index contributed by atoms with van der Waals surface area (Å²) in [4.78, 5) is 20.1. The van der Waals surface area contributed by atoms with E-state index in [0.717, 1.165) is 18.5 Å². The van der Waals surface area contributed by atoms with E-state index in [0.29, 0.717) is 18.1 Å². The normalized spacial score (nSPS) is 10.3. The van der Waals surface area contributed by atoms with E-state index in [9.17, 15) is 4.79 Å². The van der Waals surface area contributed by atoms with E-state index in [4.69, 9.17) is 0 Å². The van der Waals surface area contributed by atoms with Crippen molar-refractivity contribution in [2.24, 2.45) is 7.05 Å². The minimum Gasteiger partial charge on any atom is -0.369 e. The molecule has 0 aliphatic heterocycles. The molecule has 7 heteroatoms. The van der Waals surface area contributed by atoms with E-state index in [-0.39, 0.29) is 5.91 Å². The molecular formula is C13H18N6O. The van der Waals surface area contributed by atoms with Gasteiger partial charge in [-0.1, -0.05) is 0 Å². The van der Waals surface area contributed by atoms with Crippen molar-refractivity contribution >= 4 is 11.7 Å². The van der Waals surface area contributed by atoms with Gasteiger partial charge in [0.15, 0.2) is 0 Å². The molecule has 0 saturated heterocycles. The molecule has 0 spiro atoms. The fraction of sp³-hybridized carbons (Fsp3) is 0.385. The van der Waals surface area contributed by atoms with Gasteiger partial charge in [-0.25, -0.2) is 4.98 Å². The van der Waals surface area contributed by atoms with Gasteiger partial charge < -0.3 is 10.6 Å². The predicted octanol–water partition coefficient (Wildman–Crippen LogP) is 0.614. The van der Waals surface area contributed by atoms with Gasteiger partial charge in [0.1, 0.15) is 11.5 Å². The number of anilines is 1. The molecule has 1 amide bonds. The smallest absolute Gasteiger partial charge is 0.271 e. The Kier molecular flexibility index (Phi) is 4.65. The molecular weight excluding hydrogens is 256 g/mol. The number of aryl methyl sites for hydroxylation is 1. The number of carbonyl (C=O) groups excluding carboxylic acids is 1. The Bertz CT molecular complexity index is 580. The number of amides is 1. The van der Waals surface area contributed by atoms with Crippen LogP contribution in [0.2, 0.25) is 0 Å². The number of aromatic nitrogens is 4. The van der Waals surface area contributed by atoms with Crippen molar-refractivity contribution in [2.45, 2.75) is 13.3 Å². The molecule has 0 aliphatic carbocycles. The van der Waals surface area contributed by atoms with E-state index >= 15 is 0 Å². The number of hydrogen-bond donors (Lipinski definition) is 2. The molecule has 20 heavy (non-hydrogen) atoms. The Morgan fingerprint density at radius 1 is 1.35 bits per heavy atom. The summed E-state index contributed by atoms with van der Waals surface area (Å²) in [6.45, 7) is 3.24. The maximum absolute atomic E-state index is 11.9. The van der Waals surface area contributed by atoms with Crippen molar-refractivity contribution in [3.8, 4) is 0 Å². The molecule has 0 fully saturated rings. The van der Waals surface area contributed by atoms with Gasteiger partial charge in [0.25, 0.3) is 5.91 Å². The second-order valence-electron chi connectivity index (χ2n) is 4.35. The van der Waals surface area contributed by atoms with Crippen LogP contribution in [0.4, 0.5) is 5.82 Å². The predicted molar refractivity (Wildman–Crippen MR) is 75.4 cm³/mol. The first-order valence-corrected chi connectivity index (χ1v) is 6.50. The van der Waals surface area contributed by atoms with Crippen molar-refractivity contribution < 1.29 is 4.79 Å². The highest BCUT2D eigenvalue weighted by Gasteiger charge is 2.08. The Morgan fingerprint density at radius 2 is 2.20 bits per heavy atom. The molecule has 2 aromatic rings. The van der Waals surface area contributed by atoms with Crippen LogP contribution in [0.1, 0.15) is 23.0 Å². The molecule has 2 N–H and O–H groups in total. The SMILES string of the molecule is CCNc1cncc(C(=O)NCCc2cnn(C)c2)n1. The monoisotopic (exact) mass is 274 g/mol. The molecule has 0 unspecified atom stereocenters. The average Bonchev–Trinajstić information content (AvgIpc) is 2.85. The van der Waals surface area contributed by atoms with E-state index in [2.05, 4.69) is 25.7 Å². The van der Waals surface area contributed by atoms with Gasteiger partial charge in [0.2, 0.25) is 0 Å². The van der Waals surface area contributed by atoms with E-state index in [1.54, 1.807) is 17.1 Å². The molecule has 0 atom stereocenters. The van der Waals surface area contributed by atoms with Crippen molar-refractivity contribution in [1.29, 1.82) is 0 Å². The molecule has 2 heterocycles. The zero-order valence-corrected chi connectivity index (χ0v) is 11.6. The van der Waals surface area contributed by atoms with Gasteiger partial charge in [-0.15, -0.1) is 0 Å².